The molecule has 1 saturated heterocycles. The number of hydrogen-bond donors (Lipinski definition) is 1. The molecule has 0 saturated carbocycles. The standard InChI is InChI=1S/C19H21N3O3/c1-21(2)14-10-8-13(9-11-14)20-15-12-18(23)22(19(15)24)16-6-4-5-7-17(16)25-3/h4-11,15,20H,12H2,1-3H3/t15-/m1/s1. The zero-order valence-electron chi connectivity index (χ0n) is 14.5. The summed E-state index contributed by atoms with van der Waals surface area (Å²) >= 11 is 0. The van der Waals surface area contributed by atoms with Gasteiger partial charge in [0.1, 0.15) is 11.8 Å². The topological polar surface area (TPSA) is 61.9 Å². The van der Waals surface area contributed by atoms with Gasteiger partial charge in [-0.3, -0.25) is 9.59 Å². The molecule has 6 nitrogen and oxygen atoms in total. The van der Waals surface area contributed by atoms with Gasteiger partial charge in [0.05, 0.1) is 19.2 Å². The molecule has 2 aromatic rings. The van der Waals surface area contributed by atoms with E-state index in [0.29, 0.717) is 11.4 Å². The van der Waals surface area contributed by atoms with E-state index in [1.807, 2.05) is 43.3 Å². The first-order chi connectivity index (χ1) is 12.0. The first-order valence-electron chi connectivity index (χ1n) is 8.05. The third-order valence-electron chi connectivity index (χ3n) is 4.20. The van der Waals surface area contributed by atoms with Gasteiger partial charge >= 0.3 is 0 Å². The number of rotatable bonds is 5. The normalized spacial score (nSPS) is 16.9. The van der Waals surface area contributed by atoms with Crippen LogP contribution in [0.5, 0.6) is 5.75 Å². The number of nitrogens with one attached hydrogen (secondary N) is 1. The fourth-order valence-corrected chi connectivity index (χ4v) is 2.87. The minimum Gasteiger partial charge on any atom is -0.495 e. The number of carbonyl (C=O) groups excluding carboxylic acids is 2. The van der Waals surface area contributed by atoms with E-state index in [1.165, 1.54) is 12.0 Å². The summed E-state index contributed by atoms with van der Waals surface area (Å²) in [6.07, 6.45) is 0.117. The van der Waals surface area contributed by atoms with Crippen LogP contribution in [0.25, 0.3) is 0 Å². The summed E-state index contributed by atoms with van der Waals surface area (Å²) in [5.74, 6) is -0.0108. The predicted molar refractivity (Wildman–Crippen MR) is 98.3 cm³/mol. The van der Waals surface area contributed by atoms with Gasteiger partial charge in [-0.05, 0) is 36.4 Å². The molecule has 130 valence electrons. The zero-order chi connectivity index (χ0) is 18.0. The molecule has 1 N–H and O–H groups in total. The number of imide groups is 1. The first-order valence-corrected chi connectivity index (χ1v) is 8.05. The van der Waals surface area contributed by atoms with Gasteiger partial charge in [-0.2, -0.15) is 0 Å². The number of para-hydroxylation sites is 2. The highest BCUT2D eigenvalue weighted by atomic mass is 16.5. The van der Waals surface area contributed by atoms with Gasteiger partial charge in [-0.1, -0.05) is 12.1 Å². The van der Waals surface area contributed by atoms with Crippen molar-refractivity contribution in [3.8, 4) is 5.75 Å². The Balaban J connectivity index is 1.79. The maximum absolute atomic E-state index is 12.7. The highest BCUT2D eigenvalue weighted by Gasteiger charge is 2.40. The minimum absolute atomic E-state index is 0.117. The monoisotopic (exact) mass is 339 g/mol. The number of carbonyl (C=O) groups is 2. The Hall–Kier alpha value is -3.02. The van der Waals surface area contributed by atoms with Crippen LogP contribution in [0.4, 0.5) is 17.1 Å². The number of anilines is 3. The van der Waals surface area contributed by atoms with Crippen molar-refractivity contribution >= 4 is 28.9 Å². The number of methoxy groups -OCH3 is 1. The van der Waals surface area contributed by atoms with E-state index in [0.717, 1.165) is 11.4 Å². The van der Waals surface area contributed by atoms with Crippen molar-refractivity contribution < 1.29 is 14.3 Å². The Labute approximate surface area is 147 Å². The van der Waals surface area contributed by atoms with E-state index < -0.39 is 6.04 Å². The van der Waals surface area contributed by atoms with Gasteiger partial charge in [-0.15, -0.1) is 0 Å². The number of nitrogens with zero attached hydrogens (tertiary/aromatic N) is 2. The molecular formula is C19H21N3O3. The van der Waals surface area contributed by atoms with Crippen molar-refractivity contribution in [3.63, 3.8) is 0 Å². The number of benzene rings is 2. The average molecular weight is 339 g/mol. The maximum atomic E-state index is 12.7. The van der Waals surface area contributed by atoms with Crippen LogP contribution >= 0.6 is 0 Å². The lowest BCUT2D eigenvalue weighted by Gasteiger charge is -2.19. The molecule has 3 rings (SSSR count). The summed E-state index contributed by atoms with van der Waals surface area (Å²) in [6, 6.07) is 14.2. The highest BCUT2D eigenvalue weighted by molar-refractivity contribution is 6.23. The molecule has 1 aliphatic rings. The summed E-state index contributed by atoms with van der Waals surface area (Å²) in [4.78, 5) is 28.3. The maximum Gasteiger partial charge on any atom is 0.256 e. The highest BCUT2D eigenvalue weighted by Crippen LogP contribution is 2.32. The summed E-state index contributed by atoms with van der Waals surface area (Å²) in [5.41, 5.74) is 2.35. The molecule has 0 aliphatic carbocycles. The first kappa shape index (κ1) is 16.8. The summed E-state index contributed by atoms with van der Waals surface area (Å²) < 4.78 is 5.27. The minimum atomic E-state index is -0.581. The molecule has 0 bridgehead atoms. The van der Waals surface area contributed by atoms with Crippen LogP contribution < -0.4 is 19.9 Å². The van der Waals surface area contributed by atoms with E-state index in [-0.39, 0.29) is 18.2 Å². The number of ether oxygens (including phenoxy) is 1. The molecule has 0 spiro atoms. The van der Waals surface area contributed by atoms with Gasteiger partial charge in [-0.25, -0.2) is 4.90 Å². The molecule has 6 heteroatoms. The van der Waals surface area contributed by atoms with Gasteiger partial charge in [0.2, 0.25) is 5.91 Å². The second-order valence-corrected chi connectivity index (χ2v) is 6.08. The lowest BCUT2D eigenvalue weighted by Crippen LogP contribution is -2.35. The molecule has 2 aromatic carbocycles. The SMILES string of the molecule is COc1ccccc1N1C(=O)C[C@@H](Nc2ccc(N(C)C)cc2)C1=O. The third-order valence-corrected chi connectivity index (χ3v) is 4.20. The summed E-state index contributed by atoms with van der Waals surface area (Å²) in [7, 11) is 5.45. The van der Waals surface area contributed by atoms with Crippen molar-refractivity contribution in [2.75, 3.05) is 36.3 Å². The van der Waals surface area contributed by atoms with E-state index >= 15 is 0 Å². The van der Waals surface area contributed by atoms with Crippen molar-refractivity contribution in [1.82, 2.24) is 0 Å². The van der Waals surface area contributed by atoms with Crippen molar-refractivity contribution in [1.29, 1.82) is 0 Å². The van der Waals surface area contributed by atoms with E-state index in [1.54, 1.807) is 24.3 Å². The van der Waals surface area contributed by atoms with Crippen molar-refractivity contribution in [2.24, 2.45) is 0 Å². The predicted octanol–water partition coefficient (Wildman–Crippen LogP) is 2.51. The summed E-state index contributed by atoms with van der Waals surface area (Å²) in [5, 5.41) is 3.15. The Morgan fingerprint density at radius 1 is 1.08 bits per heavy atom. The largest absolute Gasteiger partial charge is 0.495 e. The summed E-state index contributed by atoms with van der Waals surface area (Å²) in [6.45, 7) is 0. The molecule has 2 amide bonds. The van der Waals surface area contributed by atoms with Crippen LogP contribution in [0.3, 0.4) is 0 Å². The number of hydrogen-bond acceptors (Lipinski definition) is 5. The molecule has 1 fully saturated rings. The third kappa shape index (κ3) is 3.28. The molecule has 0 radical (unpaired) electrons. The van der Waals surface area contributed by atoms with Crippen LogP contribution in [0, 0.1) is 0 Å². The Morgan fingerprint density at radius 2 is 1.76 bits per heavy atom. The van der Waals surface area contributed by atoms with E-state index in [9.17, 15) is 9.59 Å². The average Bonchev–Trinajstić information content (AvgIpc) is 2.89. The fraction of sp³-hybridized carbons (Fsp3) is 0.263. The lowest BCUT2D eigenvalue weighted by atomic mass is 10.2. The lowest BCUT2D eigenvalue weighted by molar-refractivity contribution is -0.121. The van der Waals surface area contributed by atoms with Crippen LogP contribution in [0.15, 0.2) is 48.5 Å². The van der Waals surface area contributed by atoms with Crippen molar-refractivity contribution in [2.45, 2.75) is 12.5 Å². The van der Waals surface area contributed by atoms with Gasteiger partial charge in [0.25, 0.3) is 5.91 Å². The fourth-order valence-electron chi connectivity index (χ4n) is 2.87. The van der Waals surface area contributed by atoms with Gasteiger partial charge in [0.15, 0.2) is 0 Å². The van der Waals surface area contributed by atoms with Crippen LogP contribution in [-0.2, 0) is 9.59 Å². The Morgan fingerprint density at radius 3 is 2.40 bits per heavy atom. The second kappa shape index (κ2) is 6.84. The van der Waals surface area contributed by atoms with Crippen molar-refractivity contribution in [3.05, 3.63) is 48.5 Å². The van der Waals surface area contributed by atoms with Crippen LogP contribution in [-0.4, -0.2) is 39.1 Å². The molecule has 25 heavy (non-hydrogen) atoms. The molecule has 0 unspecified atom stereocenters. The quantitative estimate of drug-likeness (QED) is 0.848. The second-order valence-electron chi connectivity index (χ2n) is 6.08. The Kier molecular flexibility index (Phi) is 4.61. The molecule has 0 aromatic heterocycles. The van der Waals surface area contributed by atoms with E-state index in [4.69, 9.17) is 4.74 Å². The Bertz CT molecular complexity index is 787. The van der Waals surface area contributed by atoms with Crippen LogP contribution in [0.2, 0.25) is 0 Å². The van der Waals surface area contributed by atoms with Gasteiger partial charge < -0.3 is 15.0 Å². The van der Waals surface area contributed by atoms with Gasteiger partial charge in [0, 0.05) is 25.5 Å². The smallest absolute Gasteiger partial charge is 0.256 e. The van der Waals surface area contributed by atoms with E-state index in [2.05, 4.69) is 5.32 Å². The molecular weight excluding hydrogens is 318 g/mol. The number of amides is 2. The molecule has 1 aliphatic heterocycles. The molecule has 1 heterocycles. The van der Waals surface area contributed by atoms with Crippen LogP contribution in [0.1, 0.15) is 6.42 Å². The molecule has 1 atom stereocenters. The zero-order valence-corrected chi connectivity index (χ0v) is 14.5.